The quantitative estimate of drug-likeness (QED) is 0.123. The molecule has 0 heterocycles. The van der Waals surface area contributed by atoms with Crippen LogP contribution in [-0.4, -0.2) is 50.3 Å². The monoisotopic (exact) mass is 592 g/mol. The van der Waals surface area contributed by atoms with Crippen molar-refractivity contribution in [3.05, 3.63) is 42.5 Å². The average molecular weight is 592 g/mol. The van der Waals surface area contributed by atoms with Gasteiger partial charge in [0.15, 0.2) is 0 Å². The molecule has 0 saturated heterocycles. The molecule has 0 fully saturated rings. The van der Waals surface area contributed by atoms with E-state index in [1.165, 1.54) is 12.1 Å². The SMILES string of the molecule is O=S(=O)(O)c1cc(O)c2c(O)c(/N=N/c3ccccc3[As](=O)([O-])[O-])c(S(=O)(=O)O)cc2c1.[Na+].[Na+]. The number of hydrogen-bond donors (Lipinski definition) is 4. The van der Waals surface area contributed by atoms with Crippen LogP contribution >= 0.6 is 0 Å². The molecule has 0 atom stereocenters. The van der Waals surface area contributed by atoms with E-state index < -0.39 is 82.2 Å². The molecule has 0 aliphatic rings. The molecule has 0 bridgehead atoms. The number of rotatable bonds is 5. The van der Waals surface area contributed by atoms with Gasteiger partial charge in [0.25, 0.3) is 0 Å². The van der Waals surface area contributed by atoms with E-state index in [0.29, 0.717) is 18.2 Å². The summed E-state index contributed by atoms with van der Waals surface area (Å²) in [6, 6.07) is 6.46. The molecule has 3 rings (SSSR count). The van der Waals surface area contributed by atoms with E-state index in [9.17, 15) is 43.5 Å². The molecule has 3 aromatic rings. The van der Waals surface area contributed by atoms with Gasteiger partial charge in [-0.2, -0.15) is 0 Å². The fourth-order valence-corrected chi connectivity index (χ4v) is 5.36. The van der Waals surface area contributed by atoms with Gasteiger partial charge in [-0.05, 0) is 0 Å². The van der Waals surface area contributed by atoms with Gasteiger partial charge < -0.3 is 0 Å². The summed E-state index contributed by atoms with van der Waals surface area (Å²) in [5, 5.41) is 26.6. The van der Waals surface area contributed by atoms with E-state index in [0.717, 1.165) is 12.1 Å². The molecule has 18 heteroatoms. The third kappa shape index (κ3) is 6.70. The molecule has 4 N–H and O–H groups in total. The van der Waals surface area contributed by atoms with Crippen LogP contribution in [0, 0.1) is 0 Å². The largest absolute Gasteiger partial charge is 1.00 e. The maximum atomic E-state index is 11.8. The fraction of sp³-hybridized carbons (Fsp3) is 0. The molecule has 0 aliphatic heterocycles. The number of fused-ring (bicyclic) bond motifs is 1. The minimum absolute atomic E-state index is 0. The van der Waals surface area contributed by atoms with Gasteiger partial charge in [0.1, 0.15) is 0 Å². The first kappa shape index (κ1) is 31.2. The maximum absolute atomic E-state index is 11.8. The van der Waals surface area contributed by atoms with Crippen molar-refractivity contribution < 1.29 is 107 Å². The number of azo groups is 1. The van der Waals surface area contributed by atoms with Crippen LogP contribution in [0.25, 0.3) is 10.8 Å². The van der Waals surface area contributed by atoms with Crippen molar-refractivity contribution in [1.29, 1.82) is 0 Å². The summed E-state index contributed by atoms with van der Waals surface area (Å²) >= 11 is -5.97. The van der Waals surface area contributed by atoms with Crippen LogP contribution < -0.4 is 71.7 Å². The number of phenolic OH excluding ortho intramolecular Hbond substituents is 2. The van der Waals surface area contributed by atoms with Crippen LogP contribution in [0.3, 0.4) is 0 Å². The Hall–Kier alpha value is -0.782. The van der Waals surface area contributed by atoms with Crippen molar-refractivity contribution >= 4 is 60.9 Å². The molecule has 13 nitrogen and oxygen atoms in total. The van der Waals surface area contributed by atoms with Crippen molar-refractivity contribution in [2.45, 2.75) is 9.79 Å². The standard InChI is InChI=1S/C16H13AsN2O11S2.2Na/c20-12-7-9(31(25,26)27)5-8-6-13(32(28,29)30)15(16(21)14(8)12)19-18-11-4-2-1-3-10(11)17(22,23)24;;/h1-7,20-21H,(H2,22,23,24)(H,25,26,27)(H,28,29,30);;/q;2*+1/p-2/b19-18+;;. The van der Waals surface area contributed by atoms with Crippen LogP contribution in [0.15, 0.2) is 62.5 Å². The zero-order chi connectivity index (χ0) is 24.1. The van der Waals surface area contributed by atoms with E-state index in [1.807, 2.05) is 0 Å². The van der Waals surface area contributed by atoms with Gasteiger partial charge in [-0.25, -0.2) is 0 Å². The van der Waals surface area contributed by atoms with Crippen LogP contribution in [0.2, 0.25) is 0 Å². The molecule has 0 aromatic heterocycles. The van der Waals surface area contributed by atoms with Gasteiger partial charge in [0, 0.05) is 0 Å². The maximum Gasteiger partial charge on any atom is 1.00 e. The summed E-state index contributed by atoms with van der Waals surface area (Å²) in [5.74, 6) is -1.98. The first-order valence-corrected chi connectivity index (χ1v) is 14.2. The summed E-state index contributed by atoms with van der Waals surface area (Å²) in [6.45, 7) is 0. The second-order valence-corrected chi connectivity index (χ2v) is 12.2. The van der Waals surface area contributed by atoms with E-state index in [-0.39, 0.29) is 59.1 Å². The van der Waals surface area contributed by atoms with Crippen LogP contribution in [0.1, 0.15) is 0 Å². The smallest absolute Gasteiger partial charge is 1.00 e. The minimum Gasteiger partial charge on any atom is 1.00 e. The van der Waals surface area contributed by atoms with Crippen molar-refractivity contribution in [3.8, 4) is 11.5 Å². The van der Waals surface area contributed by atoms with Crippen molar-refractivity contribution in [3.63, 3.8) is 0 Å². The Labute approximate surface area is 239 Å². The Morgan fingerprint density at radius 3 is 1.97 bits per heavy atom. The van der Waals surface area contributed by atoms with E-state index >= 15 is 0 Å². The minimum atomic E-state index is -5.97. The van der Waals surface area contributed by atoms with E-state index in [2.05, 4.69) is 10.2 Å². The van der Waals surface area contributed by atoms with Crippen LogP contribution in [0.4, 0.5) is 11.4 Å². The number of phenols is 2. The molecule has 3 aromatic carbocycles. The summed E-state index contributed by atoms with van der Waals surface area (Å²) in [7, 11) is -9.97. The predicted molar refractivity (Wildman–Crippen MR) is 104 cm³/mol. The van der Waals surface area contributed by atoms with Gasteiger partial charge in [-0.15, -0.1) is 0 Å². The Kier molecular flexibility index (Phi) is 10.2. The first-order valence-electron chi connectivity index (χ1n) is 8.12. The number of nitrogens with zero attached hydrogens (tertiary/aromatic N) is 2. The molecular formula is C16H11AsN2Na2O11S2. The Morgan fingerprint density at radius 1 is 0.853 bits per heavy atom. The molecule has 0 saturated carbocycles. The molecular weight excluding hydrogens is 581 g/mol. The van der Waals surface area contributed by atoms with Gasteiger partial charge in [0.05, 0.1) is 0 Å². The van der Waals surface area contributed by atoms with E-state index in [1.54, 1.807) is 0 Å². The summed E-state index contributed by atoms with van der Waals surface area (Å²) in [6.07, 6.45) is 0. The predicted octanol–water partition coefficient (Wildman–Crippen LogP) is -6.54. The van der Waals surface area contributed by atoms with Gasteiger partial charge in [0.2, 0.25) is 0 Å². The molecule has 0 spiro atoms. The average Bonchev–Trinajstić information content (AvgIpc) is 2.64. The van der Waals surface area contributed by atoms with Crippen molar-refractivity contribution in [1.82, 2.24) is 0 Å². The number of benzene rings is 3. The third-order valence-electron chi connectivity index (χ3n) is 4.11. The van der Waals surface area contributed by atoms with E-state index in [4.69, 9.17) is 4.55 Å². The molecule has 0 amide bonds. The summed E-state index contributed by atoms with van der Waals surface area (Å²) in [5.41, 5.74) is -1.42. The zero-order valence-electron chi connectivity index (χ0n) is 17.3. The second-order valence-electron chi connectivity index (χ2n) is 6.25. The third-order valence-corrected chi connectivity index (χ3v) is 7.84. The van der Waals surface area contributed by atoms with Crippen molar-refractivity contribution in [2.75, 3.05) is 0 Å². The van der Waals surface area contributed by atoms with Crippen LogP contribution in [0.5, 0.6) is 11.5 Å². The fourth-order valence-electron chi connectivity index (χ4n) is 2.76. The first-order chi connectivity index (χ1) is 14.6. The van der Waals surface area contributed by atoms with Gasteiger partial charge in [-0.1, -0.05) is 0 Å². The zero-order valence-corrected chi connectivity index (χ0v) is 24.9. The summed E-state index contributed by atoms with van der Waals surface area (Å²) in [4.78, 5) is -1.93. The number of aromatic hydroxyl groups is 2. The summed E-state index contributed by atoms with van der Waals surface area (Å²) < 4.78 is 98.6. The normalized spacial score (nSPS) is 12.4. The molecule has 0 aliphatic carbocycles. The van der Waals surface area contributed by atoms with Crippen LogP contribution in [-0.2, 0) is 24.0 Å². The second kappa shape index (κ2) is 11.1. The molecule has 0 radical (unpaired) electrons. The van der Waals surface area contributed by atoms with Gasteiger partial charge >= 0.3 is 242 Å². The van der Waals surface area contributed by atoms with Gasteiger partial charge in [-0.3, -0.25) is 0 Å². The molecule has 34 heavy (non-hydrogen) atoms. The number of hydrogen-bond acceptors (Lipinski definition) is 11. The Bertz CT molecular complexity index is 1550. The topological polar surface area (TPSA) is 237 Å². The Morgan fingerprint density at radius 2 is 1.44 bits per heavy atom. The molecule has 170 valence electrons. The molecule has 0 unspecified atom stereocenters. The Balaban J connectivity index is 0.00000289. The van der Waals surface area contributed by atoms with Crippen molar-refractivity contribution in [2.24, 2.45) is 10.2 Å².